The highest BCUT2D eigenvalue weighted by Gasteiger charge is 2.55. The fourth-order valence-corrected chi connectivity index (χ4v) is 9.82. The van der Waals surface area contributed by atoms with Crippen LogP contribution in [0.4, 0.5) is 0 Å². The summed E-state index contributed by atoms with van der Waals surface area (Å²) >= 11 is 0. The van der Waals surface area contributed by atoms with E-state index >= 15 is 0 Å². The van der Waals surface area contributed by atoms with Crippen molar-refractivity contribution in [2.45, 2.75) is 70.6 Å². The zero-order valence-corrected chi connectivity index (χ0v) is 18.2. The van der Waals surface area contributed by atoms with Crippen molar-refractivity contribution in [3.05, 3.63) is 71.8 Å². The Morgan fingerprint density at radius 3 is 1.70 bits per heavy atom. The van der Waals surface area contributed by atoms with Gasteiger partial charge in [0.15, 0.2) is 7.29 Å². The van der Waals surface area contributed by atoms with Gasteiger partial charge in [-0.3, -0.25) is 0 Å². The van der Waals surface area contributed by atoms with Gasteiger partial charge in [0, 0.05) is 23.4 Å². The van der Waals surface area contributed by atoms with E-state index in [0.29, 0.717) is 12.1 Å². The van der Waals surface area contributed by atoms with Crippen molar-refractivity contribution in [1.82, 2.24) is 4.67 Å². The summed E-state index contributed by atoms with van der Waals surface area (Å²) in [6, 6.07) is 21.9. The molecule has 2 aromatic carbocycles. The second kappa shape index (κ2) is 8.33. The van der Waals surface area contributed by atoms with E-state index in [9.17, 15) is 4.57 Å². The van der Waals surface area contributed by atoms with Crippen molar-refractivity contribution in [2.75, 3.05) is 6.16 Å². The zero-order valence-electron chi connectivity index (χ0n) is 17.3. The van der Waals surface area contributed by atoms with Gasteiger partial charge >= 0.3 is 0 Å². The maximum absolute atomic E-state index is 14.8. The molecule has 27 heavy (non-hydrogen) atoms. The first-order valence-corrected chi connectivity index (χ1v) is 12.2. The molecule has 1 aliphatic heterocycles. The summed E-state index contributed by atoms with van der Waals surface area (Å²) < 4.78 is 17.2. The third-order valence-electron chi connectivity index (χ3n) is 6.03. The molecule has 0 aromatic heterocycles. The van der Waals surface area contributed by atoms with Gasteiger partial charge in [-0.25, -0.2) is 4.67 Å². The molecule has 0 aliphatic carbocycles. The predicted molar refractivity (Wildman–Crippen MR) is 117 cm³/mol. The van der Waals surface area contributed by atoms with Gasteiger partial charge < -0.3 is 4.57 Å². The van der Waals surface area contributed by atoms with Crippen LogP contribution < -0.4 is 0 Å². The molecular weight excluding hydrogens is 349 g/mol. The molecule has 0 unspecified atom stereocenters. The third kappa shape index (κ3) is 4.08. The fourth-order valence-electron chi connectivity index (χ4n) is 5.18. The van der Waals surface area contributed by atoms with Crippen molar-refractivity contribution in [2.24, 2.45) is 0 Å². The molecule has 1 atom stereocenters. The normalized spacial score (nSPS) is 22.0. The van der Waals surface area contributed by atoms with Crippen LogP contribution in [0.25, 0.3) is 0 Å². The Hall–Kier alpha value is -1.37. The van der Waals surface area contributed by atoms with Crippen LogP contribution in [0, 0.1) is 0 Å². The summed E-state index contributed by atoms with van der Waals surface area (Å²) in [5.41, 5.74) is 2.62. The monoisotopic (exact) mass is 383 g/mol. The van der Waals surface area contributed by atoms with Crippen LogP contribution in [-0.4, -0.2) is 28.1 Å². The highest BCUT2D eigenvalue weighted by atomic mass is 31.2. The minimum atomic E-state index is -2.53. The lowest BCUT2D eigenvalue weighted by atomic mass is 9.88. The Labute approximate surface area is 165 Å². The Kier molecular flexibility index (Phi) is 6.28. The minimum Gasteiger partial charge on any atom is -0.306 e. The first-order chi connectivity index (χ1) is 12.9. The molecule has 1 heterocycles. The molecule has 1 fully saturated rings. The molecule has 146 valence electrons. The van der Waals surface area contributed by atoms with Gasteiger partial charge in [0.1, 0.15) is 0 Å². The first-order valence-electron chi connectivity index (χ1n) is 10.3. The maximum atomic E-state index is 14.8. The summed E-state index contributed by atoms with van der Waals surface area (Å²) in [5, 5.41) is -0.176. The molecule has 0 N–H and O–H groups in total. The predicted octanol–water partition coefficient (Wildman–Crippen LogP) is 6.40. The van der Waals surface area contributed by atoms with E-state index in [2.05, 4.69) is 93.0 Å². The number of benzene rings is 2. The van der Waals surface area contributed by atoms with Gasteiger partial charge in [0.05, 0.1) is 0 Å². The lowest BCUT2D eigenvalue weighted by Gasteiger charge is -2.46. The second-order valence-corrected chi connectivity index (χ2v) is 11.9. The molecule has 1 saturated heterocycles. The van der Waals surface area contributed by atoms with E-state index in [1.54, 1.807) is 0 Å². The van der Waals surface area contributed by atoms with E-state index in [-0.39, 0.29) is 5.16 Å². The lowest BCUT2D eigenvalue weighted by Crippen LogP contribution is -2.43. The van der Waals surface area contributed by atoms with Gasteiger partial charge in [-0.1, -0.05) is 60.7 Å². The molecule has 3 rings (SSSR count). The molecular formula is C24H34NOP. The molecule has 0 amide bonds. The molecule has 0 spiro atoms. The van der Waals surface area contributed by atoms with Crippen LogP contribution in [0.5, 0.6) is 0 Å². The van der Waals surface area contributed by atoms with Crippen molar-refractivity contribution in [3.8, 4) is 0 Å². The Balaban J connectivity index is 2.08. The molecule has 0 saturated carbocycles. The van der Waals surface area contributed by atoms with Crippen LogP contribution in [0.3, 0.4) is 0 Å². The van der Waals surface area contributed by atoms with E-state index < -0.39 is 7.29 Å². The Bertz CT molecular complexity index is 720. The van der Waals surface area contributed by atoms with Crippen molar-refractivity contribution in [1.29, 1.82) is 0 Å². The fraction of sp³-hybridized carbons (Fsp3) is 0.500. The topological polar surface area (TPSA) is 20.3 Å². The number of rotatable bonds is 7. The van der Waals surface area contributed by atoms with Crippen molar-refractivity contribution >= 4 is 7.29 Å². The largest absolute Gasteiger partial charge is 0.306 e. The van der Waals surface area contributed by atoms with E-state index in [1.807, 2.05) is 0 Å². The summed E-state index contributed by atoms with van der Waals surface area (Å²) in [7, 11) is -2.53. The standard InChI is InChI=1S/C24H34NOP/c1-20(2)25(21(3)4)27(26)17-11-16-24(27,18-22-12-7-5-8-13-22)19-23-14-9-6-10-15-23/h5-10,12-15,20-21H,11,16-19H2,1-4H3/t27-/m0/s1. The zero-order chi connectivity index (χ0) is 19.5. The number of hydrogen-bond acceptors (Lipinski definition) is 1. The molecule has 2 nitrogen and oxygen atoms in total. The lowest BCUT2D eigenvalue weighted by molar-refractivity contribution is 0.287. The summed E-state index contributed by atoms with van der Waals surface area (Å²) in [4.78, 5) is 0. The maximum Gasteiger partial charge on any atom is 0.157 e. The van der Waals surface area contributed by atoms with Gasteiger partial charge in [-0.15, -0.1) is 0 Å². The van der Waals surface area contributed by atoms with Crippen molar-refractivity contribution < 1.29 is 4.57 Å². The highest BCUT2D eigenvalue weighted by molar-refractivity contribution is 7.63. The number of hydrogen-bond donors (Lipinski definition) is 0. The highest BCUT2D eigenvalue weighted by Crippen LogP contribution is 2.70. The van der Waals surface area contributed by atoms with Gasteiger partial charge in [0.25, 0.3) is 0 Å². The van der Waals surface area contributed by atoms with Gasteiger partial charge in [-0.05, 0) is 64.5 Å². The minimum absolute atomic E-state index is 0.176. The van der Waals surface area contributed by atoms with Crippen LogP contribution in [0.1, 0.15) is 51.7 Å². The summed E-state index contributed by atoms with van der Waals surface area (Å²) in [6.07, 6.45) is 4.76. The van der Waals surface area contributed by atoms with Crippen LogP contribution >= 0.6 is 7.29 Å². The Morgan fingerprint density at radius 2 is 1.30 bits per heavy atom. The molecule has 0 radical (unpaired) electrons. The number of nitrogens with zero attached hydrogens (tertiary/aromatic N) is 1. The van der Waals surface area contributed by atoms with E-state index in [4.69, 9.17) is 0 Å². The molecule has 3 heteroatoms. The van der Waals surface area contributed by atoms with Gasteiger partial charge in [-0.2, -0.15) is 0 Å². The summed E-state index contributed by atoms with van der Waals surface area (Å²) in [5.74, 6) is 0. The van der Waals surface area contributed by atoms with Crippen LogP contribution in [-0.2, 0) is 17.4 Å². The van der Waals surface area contributed by atoms with E-state index in [1.165, 1.54) is 11.1 Å². The SMILES string of the molecule is CC(C)N(C(C)C)[P@]1(=O)CCCC1(Cc1ccccc1)Cc1ccccc1. The molecule has 2 aromatic rings. The average molecular weight is 384 g/mol. The Morgan fingerprint density at radius 1 is 0.852 bits per heavy atom. The smallest absolute Gasteiger partial charge is 0.157 e. The third-order valence-corrected chi connectivity index (χ3v) is 10.6. The van der Waals surface area contributed by atoms with Crippen molar-refractivity contribution in [3.63, 3.8) is 0 Å². The van der Waals surface area contributed by atoms with E-state index in [0.717, 1.165) is 31.8 Å². The second-order valence-electron chi connectivity index (χ2n) is 8.65. The van der Waals surface area contributed by atoms with Crippen LogP contribution in [0.15, 0.2) is 60.7 Å². The van der Waals surface area contributed by atoms with Crippen LogP contribution in [0.2, 0.25) is 0 Å². The van der Waals surface area contributed by atoms with Gasteiger partial charge in [0.2, 0.25) is 0 Å². The molecule has 1 aliphatic rings. The molecule has 0 bridgehead atoms. The quantitative estimate of drug-likeness (QED) is 0.516. The average Bonchev–Trinajstić information content (AvgIpc) is 2.92. The first kappa shape index (κ1) is 20.4. The summed E-state index contributed by atoms with van der Waals surface area (Å²) in [6.45, 7) is 8.81.